The molecule has 0 aliphatic carbocycles. The van der Waals surface area contributed by atoms with Crippen molar-refractivity contribution in [2.75, 3.05) is 11.4 Å². The molecule has 0 bridgehead atoms. The zero-order valence-electron chi connectivity index (χ0n) is 11.2. The average Bonchev–Trinajstić information content (AvgIpc) is 2.59. The van der Waals surface area contributed by atoms with E-state index < -0.39 is 0 Å². The summed E-state index contributed by atoms with van der Waals surface area (Å²) in [7, 11) is 0. The molecule has 0 aromatic heterocycles. The van der Waals surface area contributed by atoms with Gasteiger partial charge in [-0.3, -0.25) is 4.99 Å². The Balaban J connectivity index is 2.22. The van der Waals surface area contributed by atoms with Crippen LogP contribution in [0.4, 0.5) is 5.69 Å². The molecule has 3 nitrogen and oxygen atoms in total. The Morgan fingerprint density at radius 1 is 1.33 bits per heavy atom. The molecule has 2 rings (SSSR count). The smallest absolute Gasteiger partial charge is 0.196 e. The van der Waals surface area contributed by atoms with E-state index in [0.717, 1.165) is 23.7 Å². The first-order valence-corrected chi connectivity index (χ1v) is 6.59. The van der Waals surface area contributed by atoms with E-state index in [9.17, 15) is 0 Å². The summed E-state index contributed by atoms with van der Waals surface area (Å²) in [6, 6.07) is 8.09. The molecule has 1 atom stereocenters. The van der Waals surface area contributed by atoms with Crippen LogP contribution in [0.3, 0.4) is 0 Å². The lowest BCUT2D eigenvalue weighted by Crippen LogP contribution is -2.42. The van der Waals surface area contributed by atoms with Crippen LogP contribution in [0.1, 0.15) is 27.2 Å². The van der Waals surface area contributed by atoms with Gasteiger partial charge in [0.2, 0.25) is 0 Å². The minimum atomic E-state index is 0.259. The van der Waals surface area contributed by atoms with Crippen LogP contribution < -0.4 is 10.6 Å². The summed E-state index contributed by atoms with van der Waals surface area (Å²) in [6.45, 7) is 7.48. The van der Waals surface area contributed by atoms with Gasteiger partial charge in [0, 0.05) is 10.7 Å². The Labute approximate surface area is 114 Å². The van der Waals surface area contributed by atoms with Gasteiger partial charge in [0.15, 0.2) is 5.96 Å². The van der Waals surface area contributed by atoms with Crippen LogP contribution in [0.5, 0.6) is 0 Å². The minimum absolute atomic E-state index is 0.259. The monoisotopic (exact) mass is 265 g/mol. The number of guanidine groups is 1. The fraction of sp³-hybridized carbons (Fsp3) is 0.500. The minimum Gasteiger partial charge on any atom is -0.370 e. The fourth-order valence-electron chi connectivity index (χ4n) is 2.35. The number of anilines is 1. The molecule has 2 N–H and O–H groups in total. The van der Waals surface area contributed by atoms with Gasteiger partial charge in [-0.25, -0.2) is 0 Å². The molecule has 1 aromatic carbocycles. The molecule has 4 heteroatoms. The molecule has 1 unspecified atom stereocenters. The van der Waals surface area contributed by atoms with Gasteiger partial charge in [0.05, 0.1) is 12.6 Å². The summed E-state index contributed by atoms with van der Waals surface area (Å²) >= 11 is 5.92. The Hall–Kier alpha value is -1.22. The van der Waals surface area contributed by atoms with Gasteiger partial charge in [0.25, 0.3) is 0 Å². The third-order valence-electron chi connectivity index (χ3n) is 3.03. The summed E-state index contributed by atoms with van der Waals surface area (Å²) in [5, 5.41) is 0.737. The van der Waals surface area contributed by atoms with Crippen LogP contribution in [0.2, 0.25) is 5.02 Å². The third-order valence-corrected chi connectivity index (χ3v) is 3.28. The van der Waals surface area contributed by atoms with E-state index >= 15 is 0 Å². The van der Waals surface area contributed by atoms with Crippen molar-refractivity contribution in [2.24, 2.45) is 16.1 Å². The SMILES string of the molecule is CC(C)(C)CC1CN=C(N)N1c1ccc(Cl)cc1. The summed E-state index contributed by atoms with van der Waals surface area (Å²) in [5.41, 5.74) is 7.32. The molecular weight excluding hydrogens is 246 g/mol. The zero-order chi connectivity index (χ0) is 13.3. The van der Waals surface area contributed by atoms with Crippen LogP contribution in [-0.2, 0) is 0 Å². The standard InChI is InChI=1S/C14H20ClN3/c1-14(2,3)8-12-9-17-13(16)18(12)11-6-4-10(15)5-7-11/h4-7,12H,8-9H2,1-3H3,(H2,16,17). The maximum atomic E-state index is 6.00. The molecule has 1 aliphatic rings. The summed E-state index contributed by atoms with van der Waals surface area (Å²) in [5.74, 6) is 0.603. The van der Waals surface area contributed by atoms with Gasteiger partial charge in [-0.1, -0.05) is 32.4 Å². The van der Waals surface area contributed by atoms with Crippen molar-refractivity contribution in [3.63, 3.8) is 0 Å². The quantitative estimate of drug-likeness (QED) is 0.892. The number of benzene rings is 1. The lowest BCUT2D eigenvalue weighted by molar-refractivity contribution is 0.347. The van der Waals surface area contributed by atoms with Crippen molar-refractivity contribution >= 4 is 23.2 Å². The fourth-order valence-corrected chi connectivity index (χ4v) is 2.48. The molecule has 0 fully saturated rings. The Bertz CT molecular complexity index is 445. The number of halogens is 1. The zero-order valence-corrected chi connectivity index (χ0v) is 11.9. The second kappa shape index (κ2) is 4.81. The second-order valence-corrected chi connectivity index (χ2v) is 6.40. The summed E-state index contributed by atoms with van der Waals surface area (Å²) in [4.78, 5) is 6.48. The van der Waals surface area contributed by atoms with Gasteiger partial charge < -0.3 is 10.6 Å². The molecule has 18 heavy (non-hydrogen) atoms. The van der Waals surface area contributed by atoms with Crippen molar-refractivity contribution in [3.8, 4) is 0 Å². The first kappa shape index (κ1) is 13.2. The first-order valence-electron chi connectivity index (χ1n) is 6.21. The number of nitrogens with zero attached hydrogens (tertiary/aromatic N) is 2. The molecule has 0 saturated heterocycles. The van der Waals surface area contributed by atoms with E-state index in [4.69, 9.17) is 17.3 Å². The third kappa shape index (κ3) is 2.96. The van der Waals surface area contributed by atoms with Crippen molar-refractivity contribution in [1.29, 1.82) is 0 Å². The van der Waals surface area contributed by atoms with E-state index in [2.05, 4.69) is 30.7 Å². The first-order chi connectivity index (χ1) is 8.37. The number of hydrogen-bond acceptors (Lipinski definition) is 3. The van der Waals surface area contributed by atoms with E-state index in [1.165, 1.54) is 0 Å². The number of hydrogen-bond donors (Lipinski definition) is 1. The molecule has 1 aromatic rings. The molecule has 0 radical (unpaired) electrons. The van der Waals surface area contributed by atoms with Crippen molar-refractivity contribution in [1.82, 2.24) is 0 Å². The van der Waals surface area contributed by atoms with Gasteiger partial charge in [-0.2, -0.15) is 0 Å². The average molecular weight is 266 g/mol. The predicted octanol–water partition coefficient (Wildman–Crippen LogP) is 3.28. The van der Waals surface area contributed by atoms with Gasteiger partial charge in [-0.15, -0.1) is 0 Å². The summed E-state index contributed by atoms with van der Waals surface area (Å²) < 4.78 is 0. The normalized spacial score (nSPS) is 20.1. The maximum Gasteiger partial charge on any atom is 0.196 e. The molecule has 1 aliphatic heterocycles. The highest BCUT2D eigenvalue weighted by atomic mass is 35.5. The molecule has 98 valence electrons. The van der Waals surface area contributed by atoms with Gasteiger partial charge in [0.1, 0.15) is 0 Å². The van der Waals surface area contributed by atoms with E-state index in [1.54, 1.807) is 0 Å². The Morgan fingerprint density at radius 2 is 1.94 bits per heavy atom. The molecular formula is C14H20ClN3. The van der Waals surface area contributed by atoms with Crippen molar-refractivity contribution in [2.45, 2.75) is 33.2 Å². The molecule has 0 spiro atoms. The van der Waals surface area contributed by atoms with Crippen LogP contribution >= 0.6 is 11.6 Å². The Morgan fingerprint density at radius 3 is 2.50 bits per heavy atom. The second-order valence-electron chi connectivity index (χ2n) is 5.96. The number of nitrogens with two attached hydrogens (primary N) is 1. The highest BCUT2D eigenvalue weighted by Gasteiger charge is 2.30. The number of aliphatic imine (C=N–C) groups is 1. The highest BCUT2D eigenvalue weighted by molar-refractivity contribution is 6.30. The number of rotatable bonds is 2. The highest BCUT2D eigenvalue weighted by Crippen LogP contribution is 2.30. The van der Waals surface area contributed by atoms with Crippen molar-refractivity contribution < 1.29 is 0 Å². The van der Waals surface area contributed by atoms with Gasteiger partial charge in [-0.05, 0) is 36.1 Å². The van der Waals surface area contributed by atoms with Gasteiger partial charge >= 0.3 is 0 Å². The van der Waals surface area contributed by atoms with E-state index in [1.807, 2.05) is 24.3 Å². The molecule has 1 heterocycles. The lowest BCUT2D eigenvalue weighted by atomic mass is 9.87. The summed E-state index contributed by atoms with van der Waals surface area (Å²) in [6.07, 6.45) is 1.06. The van der Waals surface area contributed by atoms with E-state index in [0.29, 0.717) is 12.0 Å². The predicted molar refractivity (Wildman–Crippen MR) is 78.3 cm³/mol. The van der Waals surface area contributed by atoms with Crippen molar-refractivity contribution in [3.05, 3.63) is 29.3 Å². The van der Waals surface area contributed by atoms with Crippen LogP contribution in [0.15, 0.2) is 29.3 Å². The Kier molecular flexibility index (Phi) is 3.53. The molecule has 0 amide bonds. The maximum absolute atomic E-state index is 6.00. The molecule has 0 saturated carbocycles. The van der Waals surface area contributed by atoms with Crippen LogP contribution in [0.25, 0.3) is 0 Å². The topological polar surface area (TPSA) is 41.6 Å². The van der Waals surface area contributed by atoms with Crippen LogP contribution in [-0.4, -0.2) is 18.5 Å². The van der Waals surface area contributed by atoms with E-state index in [-0.39, 0.29) is 5.41 Å². The largest absolute Gasteiger partial charge is 0.370 e. The van der Waals surface area contributed by atoms with Crippen LogP contribution in [0, 0.1) is 5.41 Å². The lowest BCUT2D eigenvalue weighted by Gasteiger charge is -2.31.